The third-order valence-electron chi connectivity index (χ3n) is 3.18. The molecule has 1 fully saturated rings. The van der Waals surface area contributed by atoms with Crippen molar-refractivity contribution < 1.29 is 9.53 Å². The first-order valence-electron chi connectivity index (χ1n) is 6.27. The molecule has 0 amide bonds. The van der Waals surface area contributed by atoms with E-state index in [-0.39, 0.29) is 17.6 Å². The Labute approximate surface area is 99.1 Å². The minimum Gasteiger partial charge on any atom is -0.370 e. The van der Waals surface area contributed by atoms with Gasteiger partial charge in [-0.1, -0.05) is 13.8 Å². The fourth-order valence-electron chi connectivity index (χ4n) is 2.31. The number of hydrogen-bond acceptors (Lipinski definition) is 3. The van der Waals surface area contributed by atoms with Crippen molar-refractivity contribution in [2.75, 3.05) is 19.6 Å². The Morgan fingerprint density at radius 1 is 1.56 bits per heavy atom. The summed E-state index contributed by atoms with van der Waals surface area (Å²) in [6.07, 6.45) is 1.15. The zero-order valence-electron chi connectivity index (χ0n) is 11.2. The van der Waals surface area contributed by atoms with Crippen molar-refractivity contribution in [1.82, 2.24) is 4.90 Å². The van der Waals surface area contributed by atoms with E-state index in [2.05, 4.69) is 32.6 Å². The van der Waals surface area contributed by atoms with Crippen LogP contribution in [0.3, 0.4) is 0 Å². The number of carbonyl (C=O) groups is 1. The number of ether oxygens (including phenoxy) is 1. The Bertz CT molecular complexity index is 250. The van der Waals surface area contributed by atoms with Crippen LogP contribution in [0.2, 0.25) is 0 Å². The third-order valence-corrected chi connectivity index (χ3v) is 3.18. The van der Waals surface area contributed by atoms with Gasteiger partial charge in [-0.3, -0.25) is 9.69 Å². The van der Waals surface area contributed by atoms with Gasteiger partial charge in [0, 0.05) is 19.0 Å². The van der Waals surface area contributed by atoms with Gasteiger partial charge in [-0.15, -0.1) is 0 Å². The number of rotatable bonds is 4. The average molecular weight is 227 g/mol. The molecular formula is C13H25NO2. The van der Waals surface area contributed by atoms with E-state index in [4.69, 9.17) is 4.74 Å². The van der Waals surface area contributed by atoms with Gasteiger partial charge in [-0.2, -0.15) is 0 Å². The lowest BCUT2D eigenvalue weighted by molar-refractivity contribution is -0.140. The van der Waals surface area contributed by atoms with Crippen LogP contribution in [-0.4, -0.2) is 42.0 Å². The molecule has 3 heteroatoms. The lowest BCUT2D eigenvalue weighted by Crippen LogP contribution is -2.53. The number of ketones is 1. The summed E-state index contributed by atoms with van der Waals surface area (Å²) in [5.41, 5.74) is -0.132. The van der Waals surface area contributed by atoms with E-state index < -0.39 is 0 Å². The molecule has 1 saturated heterocycles. The molecule has 1 rings (SSSR count). The zero-order chi connectivity index (χ0) is 12.3. The van der Waals surface area contributed by atoms with E-state index in [0.29, 0.717) is 12.3 Å². The summed E-state index contributed by atoms with van der Waals surface area (Å²) in [4.78, 5) is 14.1. The van der Waals surface area contributed by atoms with E-state index in [1.54, 1.807) is 0 Å². The summed E-state index contributed by atoms with van der Waals surface area (Å²) in [6.45, 7) is 12.6. The highest BCUT2D eigenvalue weighted by atomic mass is 16.5. The molecule has 0 spiro atoms. The topological polar surface area (TPSA) is 29.5 Å². The second kappa shape index (κ2) is 5.28. The standard InChI is InChI=1S/C13H25NO2/c1-6-10(2)12(15)8-14-7-11(3)16-13(4,5)9-14/h10-11H,6-9H2,1-5H3. The molecule has 94 valence electrons. The molecule has 2 atom stereocenters. The molecule has 2 unspecified atom stereocenters. The van der Waals surface area contributed by atoms with Gasteiger partial charge < -0.3 is 4.74 Å². The Morgan fingerprint density at radius 3 is 2.69 bits per heavy atom. The van der Waals surface area contributed by atoms with Crippen LogP contribution in [-0.2, 0) is 9.53 Å². The van der Waals surface area contributed by atoms with E-state index in [9.17, 15) is 4.79 Å². The number of Topliss-reactive ketones (excluding diaryl/α,β-unsaturated/α-hetero) is 1. The normalized spacial score (nSPS) is 27.7. The van der Waals surface area contributed by atoms with E-state index in [0.717, 1.165) is 19.5 Å². The average Bonchev–Trinajstić information content (AvgIpc) is 2.12. The Kier molecular flexibility index (Phi) is 4.51. The van der Waals surface area contributed by atoms with Crippen molar-refractivity contribution in [2.45, 2.75) is 52.7 Å². The van der Waals surface area contributed by atoms with Gasteiger partial charge in [-0.25, -0.2) is 0 Å². The number of nitrogens with zero attached hydrogens (tertiary/aromatic N) is 1. The van der Waals surface area contributed by atoms with Crippen LogP contribution in [0.4, 0.5) is 0 Å². The minimum atomic E-state index is -0.132. The van der Waals surface area contributed by atoms with Gasteiger partial charge >= 0.3 is 0 Å². The molecule has 0 aliphatic carbocycles. The van der Waals surface area contributed by atoms with E-state index in [1.165, 1.54) is 0 Å². The van der Waals surface area contributed by atoms with Crippen molar-refractivity contribution in [3.8, 4) is 0 Å². The summed E-state index contributed by atoms with van der Waals surface area (Å²) in [7, 11) is 0. The molecule has 0 radical (unpaired) electrons. The van der Waals surface area contributed by atoms with Crippen molar-refractivity contribution in [1.29, 1.82) is 0 Å². The van der Waals surface area contributed by atoms with Crippen LogP contribution in [0.15, 0.2) is 0 Å². The molecule has 0 aromatic carbocycles. The molecule has 1 heterocycles. The van der Waals surface area contributed by atoms with Crippen molar-refractivity contribution in [3.05, 3.63) is 0 Å². The monoisotopic (exact) mass is 227 g/mol. The lowest BCUT2D eigenvalue weighted by Gasteiger charge is -2.41. The summed E-state index contributed by atoms with van der Waals surface area (Å²) in [5, 5.41) is 0. The second-order valence-corrected chi connectivity index (χ2v) is 5.63. The van der Waals surface area contributed by atoms with E-state index in [1.807, 2.05) is 6.92 Å². The molecular weight excluding hydrogens is 202 g/mol. The van der Waals surface area contributed by atoms with Crippen molar-refractivity contribution >= 4 is 5.78 Å². The molecule has 1 aliphatic heterocycles. The number of carbonyl (C=O) groups excluding carboxylic acids is 1. The first-order chi connectivity index (χ1) is 7.34. The molecule has 0 aromatic heterocycles. The van der Waals surface area contributed by atoms with Crippen LogP contribution in [0.5, 0.6) is 0 Å². The fourth-order valence-corrected chi connectivity index (χ4v) is 2.31. The maximum atomic E-state index is 11.9. The summed E-state index contributed by atoms with van der Waals surface area (Å²) in [6, 6.07) is 0. The van der Waals surface area contributed by atoms with Crippen LogP contribution >= 0.6 is 0 Å². The van der Waals surface area contributed by atoms with Gasteiger partial charge in [0.2, 0.25) is 0 Å². The summed E-state index contributed by atoms with van der Waals surface area (Å²) < 4.78 is 5.82. The van der Waals surface area contributed by atoms with E-state index >= 15 is 0 Å². The maximum absolute atomic E-state index is 11.9. The molecule has 0 aromatic rings. The largest absolute Gasteiger partial charge is 0.370 e. The summed E-state index contributed by atoms with van der Waals surface area (Å²) >= 11 is 0. The Hall–Kier alpha value is -0.410. The fraction of sp³-hybridized carbons (Fsp3) is 0.923. The number of hydrogen-bond donors (Lipinski definition) is 0. The third kappa shape index (κ3) is 3.87. The van der Waals surface area contributed by atoms with Crippen molar-refractivity contribution in [2.24, 2.45) is 5.92 Å². The lowest BCUT2D eigenvalue weighted by atomic mass is 10.0. The van der Waals surface area contributed by atoms with Gasteiger partial charge in [0.25, 0.3) is 0 Å². The molecule has 0 N–H and O–H groups in total. The minimum absolute atomic E-state index is 0.132. The van der Waals surface area contributed by atoms with Crippen LogP contribution in [0, 0.1) is 5.92 Å². The molecule has 0 bridgehead atoms. The van der Waals surface area contributed by atoms with Gasteiger partial charge in [0.05, 0.1) is 18.2 Å². The predicted molar refractivity (Wildman–Crippen MR) is 65.5 cm³/mol. The number of morpholine rings is 1. The highest BCUT2D eigenvalue weighted by Gasteiger charge is 2.32. The Balaban J connectivity index is 2.51. The maximum Gasteiger partial charge on any atom is 0.149 e. The quantitative estimate of drug-likeness (QED) is 0.736. The van der Waals surface area contributed by atoms with Crippen LogP contribution in [0.25, 0.3) is 0 Å². The zero-order valence-corrected chi connectivity index (χ0v) is 11.2. The molecule has 16 heavy (non-hydrogen) atoms. The Morgan fingerprint density at radius 2 is 2.19 bits per heavy atom. The first-order valence-corrected chi connectivity index (χ1v) is 6.27. The van der Waals surface area contributed by atoms with Gasteiger partial charge in [0.1, 0.15) is 5.78 Å². The highest BCUT2D eigenvalue weighted by Crippen LogP contribution is 2.21. The second-order valence-electron chi connectivity index (χ2n) is 5.63. The smallest absolute Gasteiger partial charge is 0.149 e. The van der Waals surface area contributed by atoms with Gasteiger partial charge in [0.15, 0.2) is 0 Å². The first kappa shape index (κ1) is 13.7. The van der Waals surface area contributed by atoms with Crippen molar-refractivity contribution in [3.63, 3.8) is 0 Å². The molecule has 3 nitrogen and oxygen atoms in total. The van der Waals surface area contributed by atoms with Gasteiger partial charge in [-0.05, 0) is 27.2 Å². The molecule has 1 aliphatic rings. The highest BCUT2D eigenvalue weighted by molar-refractivity contribution is 5.82. The predicted octanol–water partition coefficient (Wildman–Crippen LogP) is 2.10. The SMILES string of the molecule is CCC(C)C(=O)CN1CC(C)OC(C)(C)C1. The molecule has 0 saturated carbocycles. The van der Waals surface area contributed by atoms with Crippen LogP contribution in [0.1, 0.15) is 41.0 Å². The van der Waals surface area contributed by atoms with Crippen LogP contribution < -0.4 is 0 Å². The summed E-state index contributed by atoms with van der Waals surface area (Å²) in [5.74, 6) is 0.536.